The first kappa shape index (κ1) is 24.0. The second kappa shape index (κ2) is 9.47. The van der Waals surface area contributed by atoms with Gasteiger partial charge in [-0.1, -0.05) is 29.0 Å². The molecule has 9 nitrogen and oxygen atoms in total. The molecule has 38 heavy (non-hydrogen) atoms. The third-order valence-corrected chi connectivity index (χ3v) is 7.19. The molecule has 0 unspecified atom stereocenters. The van der Waals surface area contributed by atoms with Crippen molar-refractivity contribution in [2.45, 2.75) is 6.92 Å². The van der Waals surface area contributed by atoms with Crippen LogP contribution in [0, 0.1) is 6.92 Å². The Morgan fingerprint density at radius 2 is 1.89 bits per heavy atom. The summed E-state index contributed by atoms with van der Waals surface area (Å²) in [7, 11) is 3.53. The predicted molar refractivity (Wildman–Crippen MR) is 149 cm³/mol. The van der Waals surface area contributed by atoms with Crippen LogP contribution in [0.15, 0.2) is 61.2 Å². The Balaban J connectivity index is 1.32. The van der Waals surface area contributed by atoms with E-state index in [4.69, 9.17) is 21.3 Å². The maximum atomic E-state index is 13.4. The number of halogens is 1. The van der Waals surface area contributed by atoms with Crippen molar-refractivity contribution in [2.24, 2.45) is 7.05 Å². The molecule has 0 saturated carbocycles. The molecule has 188 valence electrons. The summed E-state index contributed by atoms with van der Waals surface area (Å²) in [5.74, 6) is 0.230. The molecule has 0 aliphatic carbocycles. The third-order valence-electron chi connectivity index (χ3n) is 6.10. The SMILES string of the molecule is COc1ccc(Cl)cc1-c1cc(C)ncc1C(=O)Nc1nc2ncc(-c3ccc4c(c3)ncn4C)nc2s1. The number of thiazole rings is 1. The number of nitrogens with zero attached hydrogens (tertiary/aromatic N) is 6. The molecule has 11 heteroatoms. The molecule has 0 spiro atoms. The van der Waals surface area contributed by atoms with Crippen LogP contribution in [-0.2, 0) is 7.05 Å². The van der Waals surface area contributed by atoms with Gasteiger partial charge in [-0.25, -0.2) is 15.0 Å². The average Bonchev–Trinajstić information content (AvgIpc) is 3.50. The quantitative estimate of drug-likeness (QED) is 0.288. The van der Waals surface area contributed by atoms with Crippen LogP contribution >= 0.6 is 22.9 Å². The van der Waals surface area contributed by atoms with Gasteiger partial charge in [0.2, 0.25) is 0 Å². The minimum absolute atomic E-state index is 0.362. The lowest BCUT2D eigenvalue weighted by molar-refractivity contribution is 0.102. The van der Waals surface area contributed by atoms with E-state index in [1.54, 1.807) is 37.8 Å². The molecule has 6 rings (SSSR count). The van der Waals surface area contributed by atoms with Crippen LogP contribution in [0.5, 0.6) is 5.75 Å². The van der Waals surface area contributed by atoms with E-state index in [1.807, 2.05) is 42.8 Å². The summed E-state index contributed by atoms with van der Waals surface area (Å²) in [4.78, 5) is 36.4. The number of hydrogen-bond acceptors (Lipinski definition) is 8. The van der Waals surface area contributed by atoms with E-state index in [-0.39, 0.29) is 5.91 Å². The molecular formula is C27H20ClN7O2S. The third kappa shape index (κ3) is 4.33. The number of carbonyl (C=O) groups excluding carboxylic acids is 1. The van der Waals surface area contributed by atoms with E-state index < -0.39 is 0 Å². The number of ether oxygens (including phenoxy) is 1. The van der Waals surface area contributed by atoms with E-state index in [1.165, 1.54) is 17.5 Å². The van der Waals surface area contributed by atoms with Gasteiger partial charge in [0.15, 0.2) is 15.6 Å². The van der Waals surface area contributed by atoms with Gasteiger partial charge in [-0.15, -0.1) is 0 Å². The Morgan fingerprint density at radius 3 is 2.74 bits per heavy atom. The van der Waals surface area contributed by atoms with Crippen molar-refractivity contribution in [3.05, 3.63) is 77.5 Å². The van der Waals surface area contributed by atoms with Gasteiger partial charge >= 0.3 is 0 Å². The van der Waals surface area contributed by atoms with Crippen LogP contribution < -0.4 is 10.1 Å². The highest BCUT2D eigenvalue weighted by Crippen LogP contribution is 2.35. The summed E-state index contributed by atoms with van der Waals surface area (Å²) in [5, 5.41) is 3.79. The second-order valence-corrected chi connectivity index (χ2v) is 10.0. The van der Waals surface area contributed by atoms with Crippen LogP contribution in [-0.4, -0.2) is 42.5 Å². The zero-order valence-electron chi connectivity index (χ0n) is 20.6. The van der Waals surface area contributed by atoms with Crippen molar-refractivity contribution < 1.29 is 9.53 Å². The standard InChI is InChI=1S/C27H20ClN7O2S/c1-14-8-17(18-10-16(28)5-7-23(18)37-3)19(11-29-14)25(36)34-27-33-24-26(38-27)32-21(12-30-24)15-4-6-22-20(9-15)31-13-35(22)2/h4-13H,1-3H3,(H,30,33,34,36). The molecule has 0 aliphatic rings. The number of rotatable bonds is 5. The Kier molecular flexibility index (Phi) is 5.97. The van der Waals surface area contributed by atoms with E-state index in [0.29, 0.717) is 48.8 Å². The predicted octanol–water partition coefficient (Wildman–Crippen LogP) is 5.92. The zero-order chi connectivity index (χ0) is 26.4. The lowest BCUT2D eigenvalue weighted by atomic mass is 9.99. The highest BCUT2D eigenvalue weighted by atomic mass is 35.5. The molecule has 1 amide bonds. The van der Waals surface area contributed by atoms with Gasteiger partial charge in [0.25, 0.3) is 5.91 Å². The number of anilines is 1. The number of benzene rings is 2. The first-order chi connectivity index (χ1) is 18.4. The summed E-state index contributed by atoms with van der Waals surface area (Å²) in [6.07, 6.45) is 4.99. The number of imidazole rings is 1. The smallest absolute Gasteiger partial charge is 0.259 e. The monoisotopic (exact) mass is 541 g/mol. The molecule has 1 N–H and O–H groups in total. The Morgan fingerprint density at radius 1 is 1.03 bits per heavy atom. The van der Waals surface area contributed by atoms with Crippen LogP contribution in [0.2, 0.25) is 5.02 Å². The normalized spacial score (nSPS) is 11.3. The minimum atomic E-state index is -0.366. The van der Waals surface area contributed by atoms with Gasteiger partial charge in [0.05, 0.1) is 41.9 Å². The summed E-state index contributed by atoms with van der Waals surface area (Å²) in [6, 6.07) is 13.1. The fourth-order valence-electron chi connectivity index (χ4n) is 4.23. The van der Waals surface area contributed by atoms with Crippen LogP contribution in [0.25, 0.3) is 43.9 Å². The first-order valence-electron chi connectivity index (χ1n) is 11.6. The van der Waals surface area contributed by atoms with Gasteiger partial charge in [-0.2, -0.15) is 4.98 Å². The summed E-state index contributed by atoms with van der Waals surface area (Å²) < 4.78 is 7.48. The number of carbonyl (C=O) groups is 1. The second-order valence-electron chi connectivity index (χ2n) is 8.63. The van der Waals surface area contributed by atoms with Crippen LogP contribution in [0.3, 0.4) is 0 Å². The zero-order valence-corrected chi connectivity index (χ0v) is 22.1. The van der Waals surface area contributed by atoms with Crippen molar-refractivity contribution >= 4 is 55.5 Å². The fourth-order valence-corrected chi connectivity index (χ4v) is 5.19. The Bertz CT molecular complexity index is 1860. The lowest BCUT2D eigenvalue weighted by Crippen LogP contribution is -2.14. The number of aromatic nitrogens is 6. The molecular weight excluding hydrogens is 522 g/mol. The van der Waals surface area contributed by atoms with Crippen molar-refractivity contribution in [2.75, 3.05) is 12.4 Å². The van der Waals surface area contributed by atoms with Gasteiger partial charge in [0, 0.05) is 40.7 Å². The molecule has 0 fully saturated rings. The topological polar surface area (TPSA) is 108 Å². The maximum absolute atomic E-state index is 13.4. The van der Waals surface area contributed by atoms with Gasteiger partial charge in [-0.05, 0) is 43.3 Å². The van der Waals surface area contributed by atoms with Crippen molar-refractivity contribution in [3.63, 3.8) is 0 Å². The van der Waals surface area contributed by atoms with Crippen LogP contribution in [0.4, 0.5) is 5.13 Å². The minimum Gasteiger partial charge on any atom is -0.496 e. The van der Waals surface area contributed by atoms with Crippen molar-refractivity contribution in [3.8, 4) is 28.1 Å². The number of nitrogens with one attached hydrogen (secondary N) is 1. The molecule has 2 aromatic carbocycles. The largest absolute Gasteiger partial charge is 0.496 e. The van der Waals surface area contributed by atoms with Crippen molar-refractivity contribution in [1.82, 2.24) is 29.5 Å². The molecule has 0 aliphatic heterocycles. The van der Waals surface area contributed by atoms with E-state index in [0.717, 1.165) is 22.3 Å². The molecule has 0 atom stereocenters. The van der Waals surface area contributed by atoms with Gasteiger partial charge in [0.1, 0.15) is 5.75 Å². The van der Waals surface area contributed by atoms with E-state index in [2.05, 4.69) is 25.3 Å². The number of pyridine rings is 1. The number of fused-ring (bicyclic) bond motifs is 2. The summed E-state index contributed by atoms with van der Waals surface area (Å²) in [5.41, 5.74) is 6.42. The fraction of sp³-hybridized carbons (Fsp3) is 0.111. The molecule has 0 bridgehead atoms. The number of methoxy groups -OCH3 is 1. The van der Waals surface area contributed by atoms with Gasteiger partial charge < -0.3 is 9.30 Å². The molecule has 0 saturated heterocycles. The number of hydrogen-bond donors (Lipinski definition) is 1. The molecule has 6 aromatic rings. The maximum Gasteiger partial charge on any atom is 0.259 e. The molecule has 0 radical (unpaired) electrons. The highest BCUT2D eigenvalue weighted by molar-refractivity contribution is 7.21. The van der Waals surface area contributed by atoms with Crippen LogP contribution in [0.1, 0.15) is 16.1 Å². The molecule has 4 heterocycles. The Labute approximate surface area is 226 Å². The van der Waals surface area contributed by atoms with Gasteiger partial charge in [-0.3, -0.25) is 15.1 Å². The number of amides is 1. The number of aryl methyl sites for hydroxylation is 2. The first-order valence-corrected chi connectivity index (χ1v) is 12.8. The average molecular weight is 542 g/mol. The lowest BCUT2D eigenvalue weighted by Gasteiger charge is -2.13. The van der Waals surface area contributed by atoms with Crippen molar-refractivity contribution in [1.29, 1.82) is 0 Å². The molecule has 4 aromatic heterocycles. The Hall–Kier alpha value is -4.41. The van der Waals surface area contributed by atoms with E-state index in [9.17, 15) is 4.79 Å². The summed E-state index contributed by atoms with van der Waals surface area (Å²) >= 11 is 7.51. The highest BCUT2D eigenvalue weighted by Gasteiger charge is 2.19. The van der Waals surface area contributed by atoms with E-state index >= 15 is 0 Å². The summed E-state index contributed by atoms with van der Waals surface area (Å²) in [6.45, 7) is 1.86.